The molecule has 3 nitrogen and oxygen atoms in total. The van der Waals surface area contributed by atoms with E-state index in [1.165, 1.54) is 0 Å². The van der Waals surface area contributed by atoms with Crippen molar-refractivity contribution in [3.05, 3.63) is 23.0 Å². The van der Waals surface area contributed by atoms with Crippen LogP contribution in [-0.4, -0.2) is 23.4 Å². The molecule has 1 aliphatic rings. The van der Waals surface area contributed by atoms with Gasteiger partial charge < -0.3 is 9.15 Å². The number of fused-ring (bicyclic) bond motifs is 1. The summed E-state index contributed by atoms with van der Waals surface area (Å²) >= 11 is 8.26. The number of thioether (sulfide) groups is 1. The Morgan fingerprint density at radius 3 is 2.77 bits per heavy atom. The summed E-state index contributed by atoms with van der Waals surface area (Å²) < 4.78 is 11.6. The molecule has 0 bridgehead atoms. The molecule has 0 spiro atoms. The first-order valence-corrected chi connectivity index (χ1v) is 8.96. The largest absolute Gasteiger partial charge is 0.439 e. The van der Waals surface area contributed by atoms with Gasteiger partial charge in [0, 0.05) is 17.3 Å². The van der Waals surface area contributed by atoms with Crippen molar-refractivity contribution in [1.82, 2.24) is 4.98 Å². The lowest BCUT2D eigenvalue weighted by Crippen LogP contribution is -2.27. The van der Waals surface area contributed by atoms with E-state index in [-0.39, 0.29) is 5.41 Å². The van der Waals surface area contributed by atoms with Crippen LogP contribution in [0.1, 0.15) is 40.0 Å². The zero-order chi connectivity index (χ0) is 15.9. The summed E-state index contributed by atoms with van der Waals surface area (Å²) in [4.78, 5) is 5.65. The molecule has 1 aromatic heterocycles. The lowest BCUT2D eigenvalue weighted by molar-refractivity contribution is 0.0657. The summed E-state index contributed by atoms with van der Waals surface area (Å²) in [5.74, 6) is 1.27. The number of hydrogen-bond donors (Lipinski definition) is 0. The summed E-state index contributed by atoms with van der Waals surface area (Å²) in [5.41, 5.74) is 1.59. The molecule has 22 heavy (non-hydrogen) atoms. The monoisotopic (exact) mass is 339 g/mol. The molecule has 1 aliphatic heterocycles. The van der Waals surface area contributed by atoms with E-state index in [9.17, 15) is 0 Å². The molecule has 0 aliphatic carbocycles. The van der Waals surface area contributed by atoms with Gasteiger partial charge in [0.15, 0.2) is 5.58 Å². The highest BCUT2D eigenvalue weighted by Gasteiger charge is 2.27. The molecule has 2 unspecified atom stereocenters. The lowest BCUT2D eigenvalue weighted by atomic mass is 9.97. The van der Waals surface area contributed by atoms with Gasteiger partial charge in [0.2, 0.25) is 5.89 Å². The van der Waals surface area contributed by atoms with Gasteiger partial charge in [-0.3, -0.25) is 0 Å². The second-order valence-corrected chi connectivity index (χ2v) is 8.65. The Hall–Kier alpha value is -0.710. The van der Waals surface area contributed by atoms with Crippen LogP contribution in [0.25, 0.3) is 11.1 Å². The van der Waals surface area contributed by atoms with Crippen molar-refractivity contribution >= 4 is 34.5 Å². The maximum Gasteiger partial charge on any atom is 0.200 e. The highest BCUT2D eigenvalue weighted by Crippen LogP contribution is 2.42. The van der Waals surface area contributed by atoms with E-state index >= 15 is 0 Å². The predicted octanol–water partition coefficient (Wildman–Crippen LogP) is 5.30. The van der Waals surface area contributed by atoms with Crippen LogP contribution in [0.15, 0.2) is 21.4 Å². The molecule has 1 saturated heterocycles. The number of oxazole rings is 1. The van der Waals surface area contributed by atoms with E-state index in [0.717, 1.165) is 46.5 Å². The molecule has 1 aromatic carbocycles. The van der Waals surface area contributed by atoms with Gasteiger partial charge in [0.25, 0.3) is 0 Å². The molecule has 2 heterocycles. The van der Waals surface area contributed by atoms with Crippen molar-refractivity contribution in [2.75, 3.05) is 13.2 Å². The van der Waals surface area contributed by atoms with Gasteiger partial charge in [-0.25, -0.2) is 4.98 Å². The third kappa shape index (κ3) is 3.15. The van der Waals surface area contributed by atoms with Crippen molar-refractivity contribution in [3.63, 3.8) is 0 Å². The Bertz CT molecular complexity index is 677. The highest BCUT2D eigenvalue weighted by atomic mass is 35.5. The van der Waals surface area contributed by atoms with E-state index in [1.54, 1.807) is 0 Å². The Labute approximate surface area is 140 Å². The van der Waals surface area contributed by atoms with E-state index in [1.807, 2.05) is 23.9 Å². The summed E-state index contributed by atoms with van der Waals surface area (Å²) in [6.07, 6.45) is 1.04. The number of ether oxygens (including phenoxy) is 1. The van der Waals surface area contributed by atoms with Crippen molar-refractivity contribution in [3.8, 4) is 0 Å². The van der Waals surface area contributed by atoms with Crippen LogP contribution >= 0.6 is 23.4 Å². The molecule has 0 amide bonds. The Balaban J connectivity index is 2.00. The second kappa shape index (κ2) is 6.06. The number of rotatable bonds is 2. The van der Waals surface area contributed by atoms with Crippen LogP contribution in [0, 0.1) is 5.92 Å². The molecule has 0 saturated carbocycles. The van der Waals surface area contributed by atoms with Crippen LogP contribution in [0.5, 0.6) is 0 Å². The van der Waals surface area contributed by atoms with Crippen LogP contribution in [0.4, 0.5) is 0 Å². The SMILES string of the molecule is CC1COCCC1Sc1c(Cl)ccc2nc(C(C)(C)C)oc12. The summed E-state index contributed by atoms with van der Waals surface area (Å²) in [5, 5.41) is 1.24. The first-order valence-electron chi connectivity index (χ1n) is 7.70. The maximum atomic E-state index is 6.45. The minimum absolute atomic E-state index is 0.112. The smallest absolute Gasteiger partial charge is 0.200 e. The fourth-order valence-corrected chi connectivity index (χ4v) is 4.11. The molecule has 3 rings (SSSR count). The van der Waals surface area contributed by atoms with Gasteiger partial charge in [0.05, 0.1) is 16.5 Å². The first-order chi connectivity index (χ1) is 10.4. The molecule has 2 atom stereocenters. The van der Waals surface area contributed by atoms with Gasteiger partial charge in [-0.05, 0) is 24.5 Å². The van der Waals surface area contributed by atoms with Gasteiger partial charge in [0.1, 0.15) is 5.52 Å². The zero-order valence-corrected chi connectivity index (χ0v) is 15.1. The molecule has 120 valence electrons. The fraction of sp³-hybridized carbons (Fsp3) is 0.588. The summed E-state index contributed by atoms with van der Waals surface area (Å²) in [7, 11) is 0. The van der Waals surface area contributed by atoms with Gasteiger partial charge in [-0.2, -0.15) is 0 Å². The minimum Gasteiger partial charge on any atom is -0.439 e. The first kappa shape index (κ1) is 16.2. The topological polar surface area (TPSA) is 35.3 Å². The highest BCUT2D eigenvalue weighted by molar-refractivity contribution is 8.00. The third-order valence-electron chi connectivity index (χ3n) is 3.94. The average molecular weight is 340 g/mol. The van der Waals surface area contributed by atoms with Gasteiger partial charge in [-0.1, -0.05) is 39.3 Å². The minimum atomic E-state index is -0.112. The summed E-state index contributed by atoms with van der Waals surface area (Å²) in [6, 6.07) is 3.86. The van der Waals surface area contributed by atoms with Crippen molar-refractivity contribution in [1.29, 1.82) is 0 Å². The van der Waals surface area contributed by atoms with Crippen LogP contribution in [0.3, 0.4) is 0 Å². The Morgan fingerprint density at radius 1 is 1.32 bits per heavy atom. The molecule has 1 fully saturated rings. The third-order valence-corrected chi connectivity index (χ3v) is 6.01. The van der Waals surface area contributed by atoms with Gasteiger partial charge in [-0.15, -0.1) is 11.8 Å². The lowest BCUT2D eigenvalue weighted by Gasteiger charge is -2.28. The van der Waals surface area contributed by atoms with Crippen LogP contribution in [0.2, 0.25) is 5.02 Å². The van der Waals surface area contributed by atoms with E-state index < -0.39 is 0 Å². The van der Waals surface area contributed by atoms with Crippen molar-refractivity contribution in [2.45, 2.75) is 49.7 Å². The second-order valence-electron chi connectivity index (χ2n) is 6.99. The van der Waals surface area contributed by atoms with Crippen LogP contribution in [-0.2, 0) is 10.2 Å². The normalized spacial score (nSPS) is 23.1. The zero-order valence-electron chi connectivity index (χ0n) is 13.5. The average Bonchev–Trinajstić information content (AvgIpc) is 2.88. The predicted molar refractivity (Wildman–Crippen MR) is 92.0 cm³/mol. The fourth-order valence-electron chi connectivity index (χ4n) is 2.56. The number of nitrogens with zero attached hydrogens (tertiary/aromatic N) is 1. The number of hydrogen-bond acceptors (Lipinski definition) is 4. The van der Waals surface area contributed by atoms with Crippen molar-refractivity contribution < 1.29 is 9.15 Å². The maximum absolute atomic E-state index is 6.45. The molecular formula is C17H22ClNO2S. The number of aromatic nitrogens is 1. The molecule has 5 heteroatoms. The Morgan fingerprint density at radius 2 is 2.09 bits per heavy atom. The number of halogens is 1. The van der Waals surface area contributed by atoms with Crippen LogP contribution < -0.4 is 0 Å². The van der Waals surface area contributed by atoms with E-state index in [2.05, 4.69) is 32.7 Å². The molecule has 0 radical (unpaired) electrons. The van der Waals surface area contributed by atoms with E-state index in [4.69, 9.17) is 20.8 Å². The summed E-state index contributed by atoms with van der Waals surface area (Å²) in [6.45, 7) is 10.2. The quantitative estimate of drug-likeness (QED) is 0.744. The molecule has 2 aromatic rings. The standard InChI is InChI=1S/C17H22ClNO2S/c1-10-9-20-8-7-13(10)22-15-11(18)5-6-12-14(15)21-16(19-12)17(2,3)4/h5-6,10,13H,7-9H2,1-4H3. The molecular weight excluding hydrogens is 318 g/mol. The van der Waals surface area contributed by atoms with E-state index in [0.29, 0.717) is 11.2 Å². The molecule has 0 N–H and O–H groups in total. The Kier molecular flexibility index (Phi) is 4.45. The van der Waals surface area contributed by atoms with Crippen molar-refractivity contribution in [2.24, 2.45) is 5.92 Å². The van der Waals surface area contributed by atoms with Gasteiger partial charge >= 0.3 is 0 Å². The number of benzene rings is 1.